The maximum absolute atomic E-state index is 12.5. The van der Waals surface area contributed by atoms with Gasteiger partial charge in [-0.2, -0.15) is 0 Å². The Kier molecular flexibility index (Phi) is 7.70. The zero-order valence-electron chi connectivity index (χ0n) is 23.4. The second-order valence-corrected chi connectivity index (χ2v) is 10.7. The number of pyridine rings is 1. The lowest BCUT2D eigenvalue weighted by molar-refractivity contribution is -0.118. The van der Waals surface area contributed by atoms with E-state index in [2.05, 4.69) is 75.5 Å². The monoisotopic (exact) mass is 573 g/mol. The summed E-state index contributed by atoms with van der Waals surface area (Å²) in [4.78, 5) is 19.3. The van der Waals surface area contributed by atoms with Crippen molar-refractivity contribution in [3.05, 3.63) is 138 Å². The van der Waals surface area contributed by atoms with Gasteiger partial charge in [0.05, 0.1) is 11.7 Å². The Morgan fingerprint density at radius 3 is 2.40 bits per heavy atom. The van der Waals surface area contributed by atoms with Crippen LogP contribution in [0.3, 0.4) is 0 Å². The van der Waals surface area contributed by atoms with Crippen molar-refractivity contribution in [1.29, 1.82) is 0 Å². The molecule has 0 aliphatic carbocycles. The van der Waals surface area contributed by atoms with Crippen LogP contribution in [0.25, 0.3) is 5.69 Å². The Balaban J connectivity index is 1.29. The first-order valence-corrected chi connectivity index (χ1v) is 14.2. The number of nitrogens with one attached hydrogen (secondary N) is 2. The van der Waals surface area contributed by atoms with Gasteiger partial charge in [-0.25, -0.2) is 0 Å². The molecule has 1 fully saturated rings. The molecule has 6 rings (SSSR count). The number of nitrogens with zero attached hydrogens (tertiary/aromatic N) is 3. The van der Waals surface area contributed by atoms with E-state index in [0.29, 0.717) is 16.5 Å². The molecule has 0 radical (unpaired) electrons. The summed E-state index contributed by atoms with van der Waals surface area (Å²) in [6.45, 7) is 4.18. The number of ether oxygens (including phenoxy) is 1. The molecule has 0 saturated carbocycles. The van der Waals surface area contributed by atoms with Gasteiger partial charge in [-0.05, 0) is 110 Å². The predicted octanol–water partition coefficient (Wildman–Crippen LogP) is 6.68. The normalized spacial score (nSPS) is 16.2. The van der Waals surface area contributed by atoms with Crippen LogP contribution in [0.15, 0.2) is 116 Å². The summed E-state index contributed by atoms with van der Waals surface area (Å²) in [5.41, 5.74) is 7.14. The Morgan fingerprint density at radius 1 is 0.905 bits per heavy atom. The number of para-hydroxylation sites is 1. The summed E-state index contributed by atoms with van der Waals surface area (Å²) < 4.78 is 7.80. The number of aryl methyl sites for hydroxylation is 2. The van der Waals surface area contributed by atoms with Crippen LogP contribution in [-0.4, -0.2) is 27.2 Å². The van der Waals surface area contributed by atoms with Crippen LogP contribution in [0.4, 0.5) is 11.4 Å². The fraction of sp³-hybridized carbons (Fsp3) is 0.147. The minimum absolute atomic E-state index is 0.0742. The molecule has 1 amide bonds. The molecule has 1 saturated heterocycles. The number of hydrogen-bond acceptors (Lipinski definition) is 4. The molecule has 2 aromatic heterocycles. The van der Waals surface area contributed by atoms with E-state index in [1.54, 1.807) is 6.20 Å². The molecule has 3 aromatic carbocycles. The highest BCUT2D eigenvalue weighted by atomic mass is 32.1. The van der Waals surface area contributed by atoms with Crippen molar-refractivity contribution in [2.45, 2.75) is 25.9 Å². The lowest BCUT2D eigenvalue weighted by Crippen LogP contribution is -2.30. The number of carbonyl (C=O) groups is 1. The minimum Gasteiger partial charge on any atom is -0.484 e. The van der Waals surface area contributed by atoms with E-state index in [0.717, 1.165) is 22.8 Å². The summed E-state index contributed by atoms with van der Waals surface area (Å²) in [7, 11) is 0. The van der Waals surface area contributed by atoms with Gasteiger partial charge in [0, 0.05) is 35.1 Å². The van der Waals surface area contributed by atoms with Crippen molar-refractivity contribution in [2.75, 3.05) is 16.8 Å². The van der Waals surface area contributed by atoms with Crippen LogP contribution in [-0.2, 0) is 4.79 Å². The number of carbonyl (C=O) groups excluding carboxylic acids is 1. The molecule has 1 aliphatic heterocycles. The highest BCUT2D eigenvalue weighted by Gasteiger charge is 2.42. The minimum atomic E-state index is -0.232. The number of hydrogen-bond donors (Lipinski definition) is 2. The highest BCUT2D eigenvalue weighted by Crippen LogP contribution is 2.42. The standard InChI is InChI=1S/C34H31N5O2S/c1-23-13-16-27(21-24(23)2)38-20-8-12-30(38)33-32(29-11-6-7-19-35-29)37-34(42)39(33)26-17-14-25(15-18-26)36-31(40)22-41-28-9-4-3-5-10-28/h3-21,32-33H,22H2,1-2H3,(H,36,40)(H,37,42)/t32-,33-/m1/s1. The molecule has 0 unspecified atom stereocenters. The van der Waals surface area contributed by atoms with Gasteiger partial charge in [-0.15, -0.1) is 0 Å². The third-order valence-corrected chi connectivity index (χ3v) is 7.81. The molecule has 3 heterocycles. The third kappa shape index (κ3) is 5.62. The zero-order valence-corrected chi connectivity index (χ0v) is 24.2. The lowest BCUT2D eigenvalue weighted by atomic mass is 10.0. The molecule has 210 valence electrons. The van der Waals surface area contributed by atoms with Crippen LogP contribution in [0.1, 0.15) is 34.6 Å². The van der Waals surface area contributed by atoms with Gasteiger partial charge in [-0.1, -0.05) is 30.3 Å². The number of thiocarbonyl (C=S) groups is 1. The molecule has 1 aliphatic rings. The molecule has 0 spiro atoms. The number of anilines is 2. The first-order chi connectivity index (χ1) is 20.5. The van der Waals surface area contributed by atoms with Gasteiger partial charge < -0.3 is 24.8 Å². The van der Waals surface area contributed by atoms with Crippen molar-refractivity contribution < 1.29 is 9.53 Å². The number of benzene rings is 3. The van der Waals surface area contributed by atoms with Crippen molar-refractivity contribution in [2.24, 2.45) is 0 Å². The molecule has 42 heavy (non-hydrogen) atoms. The van der Waals surface area contributed by atoms with E-state index < -0.39 is 0 Å². The Hall–Kier alpha value is -4.95. The number of rotatable bonds is 8. The predicted molar refractivity (Wildman–Crippen MR) is 170 cm³/mol. The largest absolute Gasteiger partial charge is 0.484 e. The fourth-order valence-electron chi connectivity index (χ4n) is 5.25. The quantitative estimate of drug-likeness (QED) is 0.202. The molecule has 8 heteroatoms. The van der Waals surface area contributed by atoms with Crippen LogP contribution in [0.5, 0.6) is 5.75 Å². The van der Waals surface area contributed by atoms with E-state index in [4.69, 9.17) is 17.0 Å². The number of aromatic nitrogens is 2. The first kappa shape index (κ1) is 27.2. The van der Waals surface area contributed by atoms with Gasteiger partial charge in [0.25, 0.3) is 5.91 Å². The summed E-state index contributed by atoms with van der Waals surface area (Å²) in [5.74, 6) is 0.418. The zero-order chi connectivity index (χ0) is 29.1. The van der Waals surface area contributed by atoms with Crippen molar-refractivity contribution in [3.63, 3.8) is 0 Å². The average molecular weight is 574 g/mol. The van der Waals surface area contributed by atoms with E-state index in [1.165, 1.54) is 11.1 Å². The van der Waals surface area contributed by atoms with E-state index in [-0.39, 0.29) is 24.6 Å². The van der Waals surface area contributed by atoms with Gasteiger partial charge in [0.1, 0.15) is 11.8 Å². The summed E-state index contributed by atoms with van der Waals surface area (Å²) in [6.07, 6.45) is 3.89. The van der Waals surface area contributed by atoms with E-state index in [1.807, 2.05) is 72.8 Å². The van der Waals surface area contributed by atoms with E-state index >= 15 is 0 Å². The van der Waals surface area contributed by atoms with Gasteiger partial charge >= 0.3 is 0 Å². The molecule has 0 bridgehead atoms. The smallest absolute Gasteiger partial charge is 0.262 e. The van der Waals surface area contributed by atoms with Crippen LogP contribution >= 0.6 is 12.2 Å². The molecular formula is C34H31N5O2S. The second-order valence-electron chi connectivity index (χ2n) is 10.3. The maximum Gasteiger partial charge on any atom is 0.262 e. The summed E-state index contributed by atoms with van der Waals surface area (Å²) in [5, 5.41) is 7.05. The Bertz CT molecular complexity index is 1700. The highest BCUT2D eigenvalue weighted by molar-refractivity contribution is 7.80. The third-order valence-electron chi connectivity index (χ3n) is 7.49. The Morgan fingerprint density at radius 2 is 1.67 bits per heavy atom. The van der Waals surface area contributed by atoms with Crippen LogP contribution in [0, 0.1) is 13.8 Å². The molecule has 2 N–H and O–H groups in total. The van der Waals surface area contributed by atoms with Gasteiger partial charge in [0.15, 0.2) is 11.7 Å². The Labute approximate surface area is 250 Å². The van der Waals surface area contributed by atoms with Gasteiger partial charge in [-0.3, -0.25) is 9.78 Å². The topological polar surface area (TPSA) is 71.4 Å². The van der Waals surface area contributed by atoms with E-state index in [9.17, 15) is 4.79 Å². The average Bonchev–Trinajstić information content (AvgIpc) is 3.63. The second kappa shape index (κ2) is 11.9. The van der Waals surface area contributed by atoms with Crippen LogP contribution in [0.2, 0.25) is 0 Å². The summed E-state index contributed by atoms with van der Waals surface area (Å²) >= 11 is 5.92. The molecule has 7 nitrogen and oxygen atoms in total. The molecule has 5 aromatic rings. The SMILES string of the molecule is Cc1ccc(-n2cccc2[C@@H]2[C@@H](c3ccccn3)NC(=S)N2c2ccc(NC(=O)COc3ccccc3)cc2)cc1C. The fourth-order valence-corrected chi connectivity index (χ4v) is 5.59. The lowest BCUT2D eigenvalue weighted by Gasteiger charge is -2.29. The van der Waals surface area contributed by atoms with Crippen molar-refractivity contribution in [1.82, 2.24) is 14.9 Å². The van der Waals surface area contributed by atoms with Crippen molar-refractivity contribution in [3.8, 4) is 11.4 Å². The number of amides is 1. The van der Waals surface area contributed by atoms with Gasteiger partial charge in [0.2, 0.25) is 0 Å². The summed E-state index contributed by atoms with van der Waals surface area (Å²) in [6, 6.07) is 33.3. The van der Waals surface area contributed by atoms with Crippen LogP contribution < -0.4 is 20.3 Å². The maximum atomic E-state index is 12.5. The molecular weight excluding hydrogens is 542 g/mol. The van der Waals surface area contributed by atoms with Crippen molar-refractivity contribution >= 4 is 34.6 Å². The first-order valence-electron chi connectivity index (χ1n) is 13.8. The molecule has 2 atom stereocenters.